The number of benzene rings is 4. The van der Waals surface area contributed by atoms with Gasteiger partial charge in [0.05, 0.1) is 0 Å². The molecule has 0 aliphatic carbocycles. The van der Waals surface area contributed by atoms with Gasteiger partial charge < -0.3 is 0 Å². The van der Waals surface area contributed by atoms with Crippen molar-refractivity contribution < 1.29 is 0 Å². The lowest BCUT2D eigenvalue weighted by Crippen LogP contribution is -2.23. The van der Waals surface area contributed by atoms with Gasteiger partial charge in [-0.2, -0.15) is 0 Å². The molecule has 0 spiro atoms. The van der Waals surface area contributed by atoms with Crippen LogP contribution in [0.4, 0.5) is 0 Å². The molecule has 4 rings (SSSR count). The van der Waals surface area contributed by atoms with Gasteiger partial charge in [0.15, 0.2) is 0 Å². The van der Waals surface area contributed by atoms with Crippen LogP contribution >= 0.6 is 0 Å². The molecule has 0 radical (unpaired) electrons. The smallest absolute Gasteiger partial charge is 0.0246 e. The molecule has 0 amide bonds. The second kappa shape index (κ2) is 6.10. The van der Waals surface area contributed by atoms with Gasteiger partial charge in [-0.05, 0) is 43.9 Å². The van der Waals surface area contributed by atoms with E-state index < -0.39 is 0 Å². The predicted molar refractivity (Wildman–Crippen MR) is 106 cm³/mol. The van der Waals surface area contributed by atoms with Gasteiger partial charge in [-0.25, -0.2) is 0 Å². The van der Waals surface area contributed by atoms with Crippen molar-refractivity contribution in [2.45, 2.75) is 6.54 Å². The molecule has 1 nitrogen and oxygen atoms in total. The van der Waals surface area contributed by atoms with E-state index in [1.165, 1.54) is 37.9 Å². The van der Waals surface area contributed by atoms with Crippen molar-refractivity contribution in [2.75, 3.05) is 13.1 Å². The molecule has 0 saturated carbocycles. The molecule has 0 fully saturated rings. The minimum Gasteiger partial charge on any atom is -0.292 e. The van der Waals surface area contributed by atoms with Crippen molar-refractivity contribution in [3.05, 3.63) is 85.5 Å². The van der Waals surface area contributed by atoms with Crippen LogP contribution in [0, 0.1) is 0 Å². The SMILES string of the molecule is C=CCN(CC=C)Cc1cc2cccc3ccc4cccc1c4c32. The van der Waals surface area contributed by atoms with Crippen molar-refractivity contribution in [1.29, 1.82) is 0 Å². The molecule has 24 heavy (non-hydrogen) atoms. The molecule has 0 aromatic heterocycles. The van der Waals surface area contributed by atoms with E-state index in [4.69, 9.17) is 0 Å². The van der Waals surface area contributed by atoms with Crippen molar-refractivity contribution in [1.82, 2.24) is 4.90 Å². The number of hydrogen-bond acceptors (Lipinski definition) is 1. The van der Waals surface area contributed by atoms with E-state index in [2.05, 4.69) is 72.7 Å². The van der Waals surface area contributed by atoms with E-state index in [0.29, 0.717) is 0 Å². The average molecular weight is 311 g/mol. The first kappa shape index (κ1) is 14.9. The average Bonchev–Trinajstić information content (AvgIpc) is 2.61. The summed E-state index contributed by atoms with van der Waals surface area (Å²) >= 11 is 0. The van der Waals surface area contributed by atoms with Gasteiger partial charge in [-0.3, -0.25) is 4.90 Å². The van der Waals surface area contributed by atoms with Crippen LogP contribution in [0.3, 0.4) is 0 Å². The molecule has 1 heteroatoms. The summed E-state index contributed by atoms with van der Waals surface area (Å²) in [5.41, 5.74) is 1.37. The van der Waals surface area contributed by atoms with Gasteiger partial charge in [0.2, 0.25) is 0 Å². The summed E-state index contributed by atoms with van der Waals surface area (Å²) in [5, 5.41) is 8.08. The maximum atomic E-state index is 3.89. The van der Waals surface area contributed by atoms with E-state index in [-0.39, 0.29) is 0 Å². The Labute approximate surface area is 142 Å². The molecular formula is C23H21N. The molecule has 0 aliphatic heterocycles. The first-order chi connectivity index (χ1) is 11.8. The van der Waals surface area contributed by atoms with E-state index in [0.717, 1.165) is 19.6 Å². The van der Waals surface area contributed by atoms with Crippen molar-refractivity contribution in [2.24, 2.45) is 0 Å². The molecule has 0 saturated heterocycles. The highest BCUT2D eigenvalue weighted by Gasteiger charge is 2.13. The fourth-order valence-corrected chi connectivity index (χ4v) is 3.78. The quantitative estimate of drug-likeness (QED) is 0.323. The maximum Gasteiger partial charge on any atom is 0.0246 e. The Morgan fingerprint density at radius 3 is 2.08 bits per heavy atom. The van der Waals surface area contributed by atoms with Crippen LogP contribution < -0.4 is 0 Å². The number of hydrogen-bond donors (Lipinski definition) is 0. The molecule has 0 N–H and O–H groups in total. The Hall–Kier alpha value is -2.64. The van der Waals surface area contributed by atoms with Crippen molar-refractivity contribution in [3.63, 3.8) is 0 Å². The van der Waals surface area contributed by atoms with E-state index >= 15 is 0 Å². The van der Waals surface area contributed by atoms with Crippen LogP contribution in [0.15, 0.2) is 79.9 Å². The Kier molecular flexibility index (Phi) is 3.79. The summed E-state index contributed by atoms with van der Waals surface area (Å²) in [6, 6.07) is 20.0. The van der Waals surface area contributed by atoms with Gasteiger partial charge in [0, 0.05) is 19.6 Å². The lowest BCUT2D eigenvalue weighted by atomic mass is 9.91. The van der Waals surface area contributed by atoms with E-state index in [1.807, 2.05) is 12.2 Å². The molecule has 0 atom stereocenters. The summed E-state index contributed by atoms with van der Waals surface area (Å²) < 4.78 is 0. The first-order valence-electron chi connectivity index (χ1n) is 8.41. The zero-order valence-electron chi connectivity index (χ0n) is 13.8. The van der Waals surface area contributed by atoms with Crippen LogP contribution in [-0.4, -0.2) is 18.0 Å². The summed E-state index contributed by atoms with van der Waals surface area (Å²) in [6.07, 6.45) is 3.92. The minimum absolute atomic E-state index is 0.866. The fraction of sp³-hybridized carbons (Fsp3) is 0.130. The third-order valence-corrected chi connectivity index (χ3v) is 4.76. The highest BCUT2D eigenvalue weighted by atomic mass is 15.1. The van der Waals surface area contributed by atoms with Crippen LogP contribution in [0.5, 0.6) is 0 Å². The van der Waals surface area contributed by atoms with Gasteiger partial charge in [-0.15, -0.1) is 13.2 Å². The van der Waals surface area contributed by atoms with Crippen molar-refractivity contribution in [3.8, 4) is 0 Å². The molecule has 0 aliphatic rings. The molecular weight excluding hydrogens is 290 g/mol. The number of nitrogens with zero attached hydrogens (tertiary/aromatic N) is 1. The van der Waals surface area contributed by atoms with E-state index in [1.54, 1.807) is 0 Å². The number of rotatable bonds is 6. The Morgan fingerprint density at radius 1 is 0.750 bits per heavy atom. The van der Waals surface area contributed by atoms with Crippen LogP contribution in [-0.2, 0) is 6.54 Å². The molecule has 0 heterocycles. The van der Waals surface area contributed by atoms with Crippen molar-refractivity contribution >= 4 is 32.3 Å². The Morgan fingerprint density at radius 2 is 1.38 bits per heavy atom. The Balaban J connectivity index is 1.98. The normalized spacial score (nSPS) is 11.7. The second-order valence-electron chi connectivity index (χ2n) is 6.36. The van der Waals surface area contributed by atoms with Crippen LogP contribution in [0.1, 0.15) is 5.56 Å². The van der Waals surface area contributed by atoms with Crippen LogP contribution in [0.2, 0.25) is 0 Å². The van der Waals surface area contributed by atoms with Gasteiger partial charge >= 0.3 is 0 Å². The zero-order chi connectivity index (χ0) is 16.5. The van der Waals surface area contributed by atoms with Gasteiger partial charge in [0.25, 0.3) is 0 Å². The minimum atomic E-state index is 0.866. The van der Waals surface area contributed by atoms with E-state index in [9.17, 15) is 0 Å². The molecule has 0 unspecified atom stereocenters. The van der Waals surface area contributed by atoms with Gasteiger partial charge in [0.1, 0.15) is 0 Å². The third kappa shape index (κ3) is 2.38. The lowest BCUT2D eigenvalue weighted by Gasteiger charge is -2.21. The van der Waals surface area contributed by atoms with Crippen LogP contribution in [0.25, 0.3) is 32.3 Å². The summed E-state index contributed by atoms with van der Waals surface area (Å²) in [7, 11) is 0. The third-order valence-electron chi connectivity index (χ3n) is 4.76. The maximum absolute atomic E-state index is 3.89. The van der Waals surface area contributed by atoms with Gasteiger partial charge in [-0.1, -0.05) is 60.7 Å². The lowest BCUT2D eigenvalue weighted by molar-refractivity contribution is 0.329. The largest absolute Gasteiger partial charge is 0.292 e. The molecule has 118 valence electrons. The second-order valence-corrected chi connectivity index (χ2v) is 6.36. The topological polar surface area (TPSA) is 3.24 Å². The molecule has 4 aromatic carbocycles. The highest BCUT2D eigenvalue weighted by molar-refractivity contribution is 6.23. The first-order valence-corrected chi connectivity index (χ1v) is 8.41. The summed E-state index contributed by atoms with van der Waals surface area (Å²) in [6.45, 7) is 10.4. The fourth-order valence-electron chi connectivity index (χ4n) is 3.78. The predicted octanol–water partition coefficient (Wildman–Crippen LogP) is 5.76. The standard InChI is InChI=1S/C23H21N/c1-3-13-24(14-4-2)16-20-15-19-9-5-7-17-11-12-18-8-6-10-21(20)23(18)22(17)19/h3-12,15H,1-2,13-14,16H2. The zero-order valence-corrected chi connectivity index (χ0v) is 13.8. The molecule has 0 bridgehead atoms. The summed E-state index contributed by atoms with van der Waals surface area (Å²) in [4.78, 5) is 2.36. The highest BCUT2D eigenvalue weighted by Crippen LogP contribution is 2.36. The Bertz CT molecular complexity index is 1020. The summed E-state index contributed by atoms with van der Waals surface area (Å²) in [5.74, 6) is 0. The molecule has 4 aromatic rings. The monoisotopic (exact) mass is 311 g/mol.